The number of para-hydroxylation sites is 2. The zero-order valence-corrected chi connectivity index (χ0v) is 73.5. The van der Waals surface area contributed by atoms with Crippen molar-refractivity contribution in [3.05, 3.63) is 473 Å². The smallest absolute Gasteiger partial charge is 0.164 e. The highest BCUT2D eigenvalue weighted by Gasteiger charge is 2.22. The highest BCUT2D eigenvalue weighted by atomic mass is 15.0. The van der Waals surface area contributed by atoms with E-state index < -0.39 is 0 Å². The Morgan fingerprint density at radius 3 is 0.919 bits per heavy atom. The van der Waals surface area contributed by atoms with Crippen LogP contribution in [0.25, 0.3) is 265 Å². The molecule has 6 heterocycles. The Bertz CT molecular complexity index is 9390. The Balaban J connectivity index is 0.000000109. The molecule has 0 saturated carbocycles. The zero-order valence-electron chi connectivity index (χ0n) is 73.5. The van der Waals surface area contributed by atoms with Gasteiger partial charge in [0.25, 0.3) is 0 Å². The highest BCUT2D eigenvalue weighted by Crippen LogP contribution is 2.44. The summed E-state index contributed by atoms with van der Waals surface area (Å²) in [4.78, 5) is 50.7. The van der Waals surface area contributed by atoms with Gasteiger partial charge in [-0.05, 0) is 154 Å². The van der Waals surface area contributed by atoms with Gasteiger partial charge in [-0.3, -0.25) is 0 Å². The van der Waals surface area contributed by atoms with E-state index in [9.17, 15) is 0 Å². The number of hydrogen-bond donors (Lipinski definition) is 0. The molecule has 0 radical (unpaired) electrons. The van der Waals surface area contributed by atoms with Crippen molar-refractivity contribution in [3.63, 3.8) is 0 Å². The fraction of sp³-hybridized carbons (Fsp3) is 0. The van der Waals surface area contributed by atoms with E-state index in [1.54, 1.807) is 0 Å². The zero-order chi connectivity index (χ0) is 89.9. The molecule has 0 atom stereocenters. The van der Waals surface area contributed by atoms with Gasteiger partial charge in [-0.2, -0.15) is 0 Å². The molecule has 0 unspecified atom stereocenters. The van der Waals surface area contributed by atoms with Gasteiger partial charge >= 0.3 is 0 Å². The summed E-state index contributed by atoms with van der Waals surface area (Å²) in [6.07, 6.45) is 0. The first-order valence-electron chi connectivity index (χ1n) is 45.8. The van der Waals surface area contributed by atoms with Crippen molar-refractivity contribution in [3.8, 4) is 124 Å². The van der Waals surface area contributed by atoms with Crippen molar-refractivity contribution in [2.24, 2.45) is 0 Å². The van der Waals surface area contributed by atoms with E-state index in [4.69, 9.17) is 49.8 Å². The van der Waals surface area contributed by atoms with E-state index in [0.29, 0.717) is 17.5 Å². The molecule has 136 heavy (non-hydrogen) atoms. The molecule has 0 N–H and O–H groups in total. The summed E-state index contributed by atoms with van der Waals surface area (Å²) in [7, 11) is 0. The summed E-state index contributed by atoms with van der Waals surface area (Å²) in [5, 5.41) is 20.9. The molecule has 0 amide bonds. The maximum Gasteiger partial charge on any atom is 0.164 e. The van der Waals surface area contributed by atoms with E-state index in [1.165, 1.54) is 53.9 Å². The van der Waals surface area contributed by atoms with Gasteiger partial charge < -0.3 is 0 Å². The number of fused-ring (bicyclic) bond motifs is 18. The molecule has 0 aliphatic rings. The maximum absolute atomic E-state index is 5.16. The van der Waals surface area contributed by atoms with Crippen molar-refractivity contribution < 1.29 is 0 Å². The lowest BCUT2D eigenvalue weighted by Crippen LogP contribution is -2.01. The van der Waals surface area contributed by atoms with Gasteiger partial charge in [0.05, 0.1) is 55.5 Å². The topological polar surface area (TPSA) is 129 Å². The monoisotopic (exact) mass is 1730 g/mol. The second kappa shape index (κ2) is 34.2. The molecular formula is C126H78N10. The summed E-state index contributed by atoms with van der Waals surface area (Å²) in [5.74, 6) is 3.36. The summed E-state index contributed by atoms with van der Waals surface area (Å²) < 4.78 is 0. The van der Waals surface area contributed by atoms with E-state index in [0.717, 1.165) is 194 Å². The first-order chi connectivity index (χ1) is 67.4. The highest BCUT2D eigenvalue weighted by molar-refractivity contribution is 6.18. The third-order valence-corrected chi connectivity index (χ3v) is 26.2. The Kier molecular flexibility index (Phi) is 20.0. The lowest BCUT2D eigenvalue weighted by molar-refractivity contribution is 1.07. The molecule has 0 saturated heterocycles. The summed E-state index contributed by atoms with van der Waals surface area (Å²) >= 11 is 0. The fourth-order valence-electron chi connectivity index (χ4n) is 19.4. The van der Waals surface area contributed by atoms with Gasteiger partial charge in [0, 0.05) is 92.8 Å². The van der Waals surface area contributed by atoms with Crippen LogP contribution in [0, 0.1) is 0 Å². The number of pyridine rings is 3. The predicted molar refractivity (Wildman–Crippen MR) is 565 cm³/mol. The molecule has 27 aromatic rings. The average molecular weight is 1730 g/mol. The molecule has 6 aromatic heterocycles. The fourth-order valence-corrected chi connectivity index (χ4v) is 19.4. The largest absolute Gasteiger partial charge is 0.248 e. The van der Waals surface area contributed by atoms with Crippen molar-refractivity contribution in [2.75, 3.05) is 0 Å². The lowest BCUT2D eigenvalue weighted by atomic mass is 9.94. The quantitative estimate of drug-likeness (QED) is 0.0912. The first-order valence-corrected chi connectivity index (χ1v) is 45.8. The van der Waals surface area contributed by atoms with Crippen molar-refractivity contribution >= 4 is 141 Å². The van der Waals surface area contributed by atoms with Crippen LogP contribution in [0.2, 0.25) is 0 Å². The van der Waals surface area contributed by atoms with Crippen LogP contribution in [0.3, 0.4) is 0 Å². The number of nitrogens with zero attached hydrogens (tertiary/aromatic N) is 10. The van der Waals surface area contributed by atoms with E-state index in [1.807, 2.05) is 78.9 Å². The van der Waals surface area contributed by atoms with Crippen LogP contribution in [0.4, 0.5) is 0 Å². The molecule has 0 aliphatic carbocycles. The molecule has 27 rings (SSSR count). The number of rotatable bonds is 11. The predicted octanol–water partition coefficient (Wildman–Crippen LogP) is 32.3. The van der Waals surface area contributed by atoms with Gasteiger partial charge in [-0.25, -0.2) is 49.8 Å². The summed E-state index contributed by atoms with van der Waals surface area (Å²) in [6.45, 7) is 0. The normalized spacial score (nSPS) is 11.5. The third-order valence-electron chi connectivity index (χ3n) is 26.2. The maximum atomic E-state index is 5.16. The van der Waals surface area contributed by atoms with Crippen LogP contribution in [-0.4, -0.2) is 49.8 Å². The summed E-state index contributed by atoms with van der Waals surface area (Å²) in [6, 6.07) is 165. The average Bonchev–Trinajstić information content (AvgIpc) is 0.830. The van der Waals surface area contributed by atoms with Crippen LogP contribution in [0.1, 0.15) is 0 Å². The first kappa shape index (κ1) is 79.8. The molecule has 10 nitrogen and oxygen atoms in total. The van der Waals surface area contributed by atoms with Gasteiger partial charge in [0.1, 0.15) is 0 Å². The van der Waals surface area contributed by atoms with Crippen molar-refractivity contribution in [2.45, 2.75) is 0 Å². The van der Waals surface area contributed by atoms with Crippen LogP contribution < -0.4 is 0 Å². The Hall–Kier alpha value is -18.4. The molecular weight excluding hydrogens is 1650 g/mol. The van der Waals surface area contributed by atoms with Crippen LogP contribution in [0.5, 0.6) is 0 Å². The van der Waals surface area contributed by atoms with Gasteiger partial charge in [0.15, 0.2) is 29.1 Å². The minimum absolute atomic E-state index is 0.629. The van der Waals surface area contributed by atoms with Crippen LogP contribution >= 0.6 is 0 Å². The number of aromatic nitrogens is 10. The molecule has 21 aromatic carbocycles. The molecule has 0 spiro atoms. The molecule has 0 bridgehead atoms. The third kappa shape index (κ3) is 14.9. The second-order valence-corrected chi connectivity index (χ2v) is 34.4. The Morgan fingerprint density at radius 2 is 0.419 bits per heavy atom. The minimum Gasteiger partial charge on any atom is -0.248 e. The van der Waals surface area contributed by atoms with E-state index >= 15 is 0 Å². The molecule has 0 fully saturated rings. The van der Waals surface area contributed by atoms with E-state index in [-0.39, 0.29) is 0 Å². The minimum atomic E-state index is 0.629. The van der Waals surface area contributed by atoms with Gasteiger partial charge in [0.2, 0.25) is 0 Å². The van der Waals surface area contributed by atoms with Crippen LogP contribution in [-0.2, 0) is 0 Å². The Labute approximate surface area is 782 Å². The summed E-state index contributed by atoms with van der Waals surface area (Å²) in [5.41, 5.74) is 25.8. The Morgan fingerprint density at radius 1 is 0.110 bits per heavy atom. The SMILES string of the molecule is c1ccc(-c2nc(-c3ccc(-c4cc5nc6ccccc6cc5c5ccccc45)cc3)nc(-c3ccccc3-c3ccccc3)n2)cc1.c1ccc(-c2nc(-c3ccc(-c4cc5nc6ccccc6cc5c5ccccc45)cc3)nc3c2ccc2ccccc23)cc1.c1ccc(-c2nc(-c3ccc(-c4ccc5cc6c(ccc7ccccc76)nc5c4)cc3)c3ccc4ccccc4c3n2)cc1. The van der Waals surface area contributed by atoms with Crippen LogP contribution in [0.15, 0.2) is 473 Å². The number of hydrogen-bond acceptors (Lipinski definition) is 10. The lowest BCUT2D eigenvalue weighted by Gasteiger charge is -2.13. The van der Waals surface area contributed by atoms with Crippen molar-refractivity contribution in [1.82, 2.24) is 49.8 Å². The molecule has 0 aliphatic heterocycles. The molecule has 632 valence electrons. The second-order valence-electron chi connectivity index (χ2n) is 34.4. The number of benzene rings is 21. The van der Waals surface area contributed by atoms with Crippen molar-refractivity contribution in [1.29, 1.82) is 0 Å². The standard InChI is InChI=1S/C44H28N4.2C41H25N3/c1-3-13-29(14-4-1)34-18-8-11-21-37(34)44-47-42(31-15-5-2-6-16-31)46-43(48-44)32-25-23-30(24-26-32)38-28-41-39(36-20-10-9-19-35(36)38)27-33-17-7-12-22-40(33)45-41;1-2-11-28(12-3-1)39-34-23-22-26-10-4-6-14-31(26)40(34)44-41(43-39)29-20-18-27(19-21-29)35-25-38-36(33-16-8-7-15-32(33)35)24-30-13-5-9-17-37(30)42-38;1-2-10-30(11-3-1)41-43-39(35-22-20-28-9-5-7-13-34(28)40(35)44-41)29-16-14-26(15-17-29)31-18-19-32-24-36-33-12-6-4-8-27(33)21-23-37(36)42-38(32)25-31/h1-28H;2*1-25H. The molecule has 10 heteroatoms. The van der Waals surface area contributed by atoms with Gasteiger partial charge in [-0.1, -0.05) is 406 Å². The van der Waals surface area contributed by atoms with Gasteiger partial charge in [-0.15, -0.1) is 0 Å². The van der Waals surface area contributed by atoms with E-state index in [2.05, 4.69) is 394 Å².